The van der Waals surface area contributed by atoms with Crippen LogP contribution in [0.2, 0.25) is 0 Å². The van der Waals surface area contributed by atoms with Gasteiger partial charge in [-0.1, -0.05) is 11.6 Å². The number of benzene rings is 1. The zero-order valence-electron chi connectivity index (χ0n) is 10.2. The first-order chi connectivity index (χ1) is 6.97. The second kappa shape index (κ2) is 4.64. The van der Waals surface area contributed by atoms with E-state index in [1.54, 1.807) is 7.11 Å². The van der Waals surface area contributed by atoms with E-state index >= 15 is 0 Å². The number of nitrogens with zero attached hydrogens (tertiary/aromatic N) is 1. The molecule has 1 atom stereocenters. The van der Waals surface area contributed by atoms with Crippen LogP contribution in [0.3, 0.4) is 0 Å². The molecule has 1 rings (SSSR count). The van der Waals surface area contributed by atoms with Gasteiger partial charge in [0.15, 0.2) is 0 Å². The predicted molar refractivity (Wildman–Crippen MR) is 63.1 cm³/mol. The number of hydrogen-bond donors (Lipinski definition) is 1. The first kappa shape index (κ1) is 12.0. The first-order valence-electron chi connectivity index (χ1n) is 5.04. The summed E-state index contributed by atoms with van der Waals surface area (Å²) in [7, 11) is 5.60. The molecule has 0 aliphatic heterocycles. The molecule has 3 heteroatoms. The predicted octanol–water partition coefficient (Wildman–Crippen LogP) is 1.83. The molecule has 1 aromatic carbocycles. The smallest absolute Gasteiger partial charge is 0.127 e. The first-order valence-corrected chi connectivity index (χ1v) is 5.04. The maximum atomic E-state index is 6.10. The highest BCUT2D eigenvalue weighted by molar-refractivity contribution is 5.45. The van der Waals surface area contributed by atoms with Crippen molar-refractivity contribution in [2.45, 2.75) is 20.0 Å². The Labute approximate surface area is 91.8 Å². The molecule has 0 radical (unpaired) electrons. The van der Waals surface area contributed by atoms with Gasteiger partial charge in [0.2, 0.25) is 0 Å². The molecule has 84 valence electrons. The van der Waals surface area contributed by atoms with Crippen molar-refractivity contribution in [2.24, 2.45) is 5.73 Å². The van der Waals surface area contributed by atoms with Gasteiger partial charge in [-0.25, -0.2) is 0 Å². The van der Waals surface area contributed by atoms with Crippen LogP contribution in [0.4, 0.5) is 0 Å². The van der Waals surface area contributed by atoms with E-state index in [1.165, 1.54) is 5.56 Å². The number of methoxy groups -OCH3 is 1. The molecule has 0 saturated carbocycles. The van der Waals surface area contributed by atoms with Gasteiger partial charge in [0.05, 0.1) is 13.3 Å². The Bertz CT molecular complexity index is 348. The Hall–Kier alpha value is -1.06. The van der Waals surface area contributed by atoms with Gasteiger partial charge in [0.25, 0.3) is 0 Å². The number of hydrogen-bond acceptors (Lipinski definition) is 3. The van der Waals surface area contributed by atoms with Crippen molar-refractivity contribution in [3.8, 4) is 5.75 Å². The number of ether oxygens (including phenoxy) is 1. The van der Waals surface area contributed by atoms with Crippen LogP contribution in [0.5, 0.6) is 5.75 Å². The van der Waals surface area contributed by atoms with Crippen molar-refractivity contribution >= 4 is 0 Å². The molecule has 2 N–H and O–H groups in total. The fourth-order valence-corrected chi connectivity index (χ4v) is 1.76. The molecule has 0 aliphatic rings. The molecule has 15 heavy (non-hydrogen) atoms. The largest absolute Gasteiger partial charge is 0.496 e. The monoisotopic (exact) mass is 208 g/mol. The third-order valence-corrected chi connectivity index (χ3v) is 2.53. The summed E-state index contributed by atoms with van der Waals surface area (Å²) in [6.07, 6.45) is -0.126. The molecule has 0 fully saturated rings. The maximum absolute atomic E-state index is 6.10. The number of rotatable bonds is 3. The van der Waals surface area contributed by atoms with E-state index in [9.17, 15) is 0 Å². The Balaban J connectivity index is 3.26. The molecule has 0 aromatic heterocycles. The summed E-state index contributed by atoms with van der Waals surface area (Å²) in [6, 6.07) is 4.18. The average molecular weight is 208 g/mol. The topological polar surface area (TPSA) is 38.5 Å². The summed E-state index contributed by atoms with van der Waals surface area (Å²) >= 11 is 0. The molecule has 1 aromatic rings. The van der Waals surface area contributed by atoms with Crippen molar-refractivity contribution in [3.05, 3.63) is 28.8 Å². The normalized spacial score (nSPS) is 13.0. The van der Waals surface area contributed by atoms with Gasteiger partial charge in [-0.2, -0.15) is 0 Å². The van der Waals surface area contributed by atoms with Crippen LogP contribution >= 0.6 is 0 Å². The van der Waals surface area contributed by atoms with E-state index in [-0.39, 0.29) is 6.17 Å². The minimum Gasteiger partial charge on any atom is -0.496 e. The maximum Gasteiger partial charge on any atom is 0.127 e. The van der Waals surface area contributed by atoms with E-state index in [1.807, 2.05) is 25.9 Å². The highest BCUT2D eigenvalue weighted by atomic mass is 16.5. The Morgan fingerprint density at radius 3 is 2.33 bits per heavy atom. The lowest BCUT2D eigenvalue weighted by Crippen LogP contribution is -2.28. The van der Waals surface area contributed by atoms with Crippen LogP contribution in [0, 0.1) is 13.8 Å². The molecular weight excluding hydrogens is 188 g/mol. The lowest BCUT2D eigenvalue weighted by molar-refractivity contribution is 0.295. The van der Waals surface area contributed by atoms with Crippen LogP contribution in [0.15, 0.2) is 12.1 Å². The zero-order chi connectivity index (χ0) is 11.6. The van der Waals surface area contributed by atoms with E-state index in [2.05, 4.69) is 19.1 Å². The molecular formula is C12H20N2O. The van der Waals surface area contributed by atoms with Crippen molar-refractivity contribution < 1.29 is 4.74 Å². The van der Waals surface area contributed by atoms with Crippen molar-refractivity contribution in [1.82, 2.24) is 4.90 Å². The molecule has 3 nitrogen and oxygen atoms in total. The fraction of sp³-hybridized carbons (Fsp3) is 0.500. The van der Waals surface area contributed by atoms with Gasteiger partial charge in [-0.3, -0.25) is 4.90 Å². The molecule has 0 spiro atoms. The Morgan fingerprint density at radius 2 is 1.87 bits per heavy atom. The van der Waals surface area contributed by atoms with Crippen LogP contribution in [0.1, 0.15) is 22.9 Å². The molecule has 0 amide bonds. The van der Waals surface area contributed by atoms with E-state index in [4.69, 9.17) is 10.5 Å². The SMILES string of the molecule is COc1c(C)cc(C)cc1C(N)N(C)C. The second-order valence-corrected chi connectivity index (χ2v) is 4.11. The van der Waals surface area contributed by atoms with Crippen LogP contribution in [-0.2, 0) is 0 Å². The van der Waals surface area contributed by atoms with E-state index < -0.39 is 0 Å². The van der Waals surface area contributed by atoms with E-state index in [0.717, 1.165) is 16.9 Å². The highest BCUT2D eigenvalue weighted by Crippen LogP contribution is 2.29. The average Bonchev–Trinajstić information content (AvgIpc) is 2.15. The molecule has 1 unspecified atom stereocenters. The lowest BCUT2D eigenvalue weighted by atomic mass is 10.0. The van der Waals surface area contributed by atoms with Gasteiger partial charge < -0.3 is 10.5 Å². The van der Waals surface area contributed by atoms with Crippen molar-refractivity contribution in [2.75, 3.05) is 21.2 Å². The minimum atomic E-state index is -0.126. The molecule has 0 heterocycles. The zero-order valence-corrected chi connectivity index (χ0v) is 10.2. The van der Waals surface area contributed by atoms with Gasteiger partial charge in [-0.05, 0) is 39.6 Å². The molecule has 0 saturated heterocycles. The van der Waals surface area contributed by atoms with Crippen LogP contribution in [0.25, 0.3) is 0 Å². The van der Waals surface area contributed by atoms with Gasteiger partial charge in [0.1, 0.15) is 5.75 Å². The Morgan fingerprint density at radius 1 is 1.27 bits per heavy atom. The van der Waals surface area contributed by atoms with Crippen molar-refractivity contribution in [3.63, 3.8) is 0 Å². The molecule has 0 aliphatic carbocycles. The highest BCUT2D eigenvalue weighted by Gasteiger charge is 2.15. The second-order valence-electron chi connectivity index (χ2n) is 4.11. The van der Waals surface area contributed by atoms with E-state index in [0.29, 0.717) is 0 Å². The van der Waals surface area contributed by atoms with Gasteiger partial charge in [-0.15, -0.1) is 0 Å². The summed E-state index contributed by atoms with van der Waals surface area (Å²) < 4.78 is 5.40. The van der Waals surface area contributed by atoms with Gasteiger partial charge in [0, 0.05) is 5.56 Å². The summed E-state index contributed by atoms with van der Waals surface area (Å²) in [6.45, 7) is 4.11. The van der Waals surface area contributed by atoms with Crippen LogP contribution in [-0.4, -0.2) is 26.1 Å². The fourth-order valence-electron chi connectivity index (χ4n) is 1.76. The third kappa shape index (κ3) is 2.49. The number of aryl methyl sites for hydroxylation is 2. The lowest BCUT2D eigenvalue weighted by Gasteiger charge is -2.23. The minimum absolute atomic E-state index is 0.126. The molecule has 0 bridgehead atoms. The van der Waals surface area contributed by atoms with Gasteiger partial charge >= 0.3 is 0 Å². The summed E-state index contributed by atoms with van der Waals surface area (Å²) in [5.41, 5.74) is 9.48. The third-order valence-electron chi connectivity index (χ3n) is 2.53. The van der Waals surface area contributed by atoms with Crippen LogP contribution < -0.4 is 10.5 Å². The summed E-state index contributed by atoms with van der Waals surface area (Å²) in [4.78, 5) is 1.97. The Kier molecular flexibility index (Phi) is 3.72. The summed E-state index contributed by atoms with van der Waals surface area (Å²) in [5.74, 6) is 0.891. The quantitative estimate of drug-likeness (QED) is 0.770. The van der Waals surface area contributed by atoms with Crippen molar-refractivity contribution in [1.29, 1.82) is 0 Å². The number of nitrogens with two attached hydrogens (primary N) is 1. The summed E-state index contributed by atoms with van der Waals surface area (Å²) in [5, 5.41) is 0. The standard InChI is InChI=1S/C12H20N2O/c1-8-6-9(2)11(15-5)10(7-8)12(13)14(3)4/h6-7,12H,13H2,1-5H3.